The van der Waals surface area contributed by atoms with Gasteiger partial charge in [0.25, 0.3) is 5.91 Å². The fraction of sp³-hybridized carbons (Fsp3) is 0.286. The second-order valence-corrected chi connectivity index (χ2v) is 9.35. The van der Waals surface area contributed by atoms with Crippen LogP contribution in [0.25, 0.3) is 0 Å². The van der Waals surface area contributed by atoms with Crippen molar-refractivity contribution in [1.82, 2.24) is 9.97 Å². The Balaban J connectivity index is 1.87. The Morgan fingerprint density at radius 1 is 1.09 bits per heavy atom. The number of hydrogen-bond donors (Lipinski definition) is 1. The minimum Gasteiger partial charge on any atom is -0.503 e. The van der Waals surface area contributed by atoms with E-state index in [0.29, 0.717) is 27.0 Å². The van der Waals surface area contributed by atoms with Gasteiger partial charge in [-0.05, 0) is 39.8 Å². The molecule has 0 saturated carbocycles. The zero-order valence-corrected chi connectivity index (χ0v) is 19.5. The van der Waals surface area contributed by atoms with E-state index in [0.717, 1.165) is 11.3 Å². The molecule has 0 fully saturated rings. The maximum absolute atomic E-state index is 13.5. The minimum atomic E-state index is -1.05. The van der Waals surface area contributed by atoms with Crippen molar-refractivity contribution in [2.45, 2.75) is 33.7 Å². The molecule has 9 nitrogen and oxygen atoms in total. The number of furan rings is 1. The van der Waals surface area contributed by atoms with Crippen LogP contribution in [0, 0.1) is 27.7 Å². The number of aromatic nitrogens is 2. The number of hydrogen-bond acceptors (Lipinski definition) is 10. The third-order valence-electron chi connectivity index (χ3n) is 4.96. The summed E-state index contributed by atoms with van der Waals surface area (Å²) in [6.07, 6.45) is 0. The molecule has 3 aromatic rings. The van der Waals surface area contributed by atoms with E-state index in [-0.39, 0.29) is 21.3 Å². The summed E-state index contributed by atoms with van der Waals surface area (Å²) in [6.45, 7) is 6.81. The highest BCUT2D eigenvalue weighted by Crippen LogP contribution is 2.44. The third kappa shape index (κ3) is 3.43. The lowest BCUT2D eigenvalue weighted by Gasteiger charge is -2.22. The highest BCUT2D eigenvalue weighted by atomic mass is 32.1. The number of Topliss-reactive ketones (excluding diaryl/α,β-unsaturated/α-hetero) is 1. The summed E-state index contributed by atoms with van der Waals surface area (Å²) in [7, 11) is 1.25. The predicted molar refractivity (Wildman–Crippen MR) is 117 cm³/mol. The SMILES string of the molecule is COC(=O)c1sc(N2C(=O)C(O)=C(C(=O)c3sc(C)nc3C)C2c2ccc(C)o2)nc1C. The number of ether oxygens (including phenoxy) is 1. The molecule has 0 aromatic carbocycles. The van der Waals surface area contributed by atoms with Crippen LogP contribution in [0.4, 0.5) is 5.13 Å². The summed E-state index contributed by atoms with van der Waals surface area (Å²) in [5, 5.41) is 11.6. The fourth-order valence-corrected chi connectivity index (χ4v) is 5.42. The topological polar surface area (TPSA) is 123 Å². The molecule has 0 aliphatic carbocycles. The van der Waals surface area contributed by atoms with E-state index in [1.54, 1.807) is 39.8 Å². The molecule has 4 rings (SSSR count). The van der Waals surface area contributed by atoms with Crippen LogP contribution in [0.3, 0.4) is 0 Å². The van der Waals surface area contributed by atoms with Gasteiger partial charge in [-0.25, -0.2) is 14.8 Å². The number of nitrogens with zero attached hydrogens (tertiary/aromatic N) is 3. The standard InChI is InChI=1S/C21H19N3O6S2/c1-8-6-7-12(30-8)14-13(15(25)17-9(2)22-11(4)31-17)16(26)19(27)24(14)21-23-10(3)18(32-21)20(28)29-5/h6-7,14,26H,1-5H3. The Hall–Kier alpha value is -3.31. The first-order valence-electron chi connectivity index (χ1n) is 9.51. The van der Waals surface area contributed by atoms with Crippen LogP contribution < -0.4 is 4.90 Å². The molecular formula is C21H19N3O6S2. The molecule has 1 atom stereocenters. The number of rotatable bonds is 5. The first-order chi connectivity index (χ1) is 15.1. The van der Waals surface area contributed by atoms with Gasteiger partial charge in [0.15, 0.2) is 10.9 Å². The molecule has 0 bridgehead atoms. The lowest BCUT2D eigenvalue weighted by Crippen LogP contribution is -2.30. The van der Waals surface area contributed by atoms with Crippen molar-refractivity contribution in [2.75, 3.05) is 12.0 Å². The first-order valence-corrected chi connectivity index (χ1v) is 11.1. The Labute approximate surface area is 191 Å². The summed E-state index contributed by atoms with van der Waals surface area (Å²) < 4.78 is 10.5. The van der Waals surface area contributed by atoms with Gasteiger partial charge in [-0.3, -0.25) is 14.5 Å². The van der Waals surface area contributed by atoms with Crippen LogP contribution in [0.5, 0.6) is 0 Å². The largest absolute Gasteiger partial charge is 0.503 e. The van der Waals surface area contributed by atoms with Gasteiger partial charge in [0.05, 0.1) is 34.0 Å². The zero-order chi connectivity index (χ0) is 23.3. The molecule has 1 amide bonds. The van der Waals surface area contributed by atoms with Crippen molar-refractivity contribution in [1.29, 1.82) is 0 Å². The van der Waals surface area contributed by atoms with E-state index >= 15 is 0 Å². The summed E-state index contributed by atoms with van der Waals surface area (Å²) in [5.74, 6) is -1.74. The Morgan fingerprint density at radius 3 is 2.34 bits per heavy atom. The van der Waals surface area contributed by atoms with E-state index in [4.69, 9.17) is 9.15 Å². The second kappa shape index (κ2) is 7.99. The molecule has 3 aromatic heterocycles. The number of carbonyl (C=O) groups is 3. The Morgan fingerprint density at radius 2 is 1.78 bits per heavy atom. The van der Waals surface area contributed by atoms with E-state index in [1.807, 2.05) is 0 Å². The molecule has 1 aliphatic rings. The van der Waals surface area contributed by atoms with E-state index in [2.05, 4.69) is 9.97 Å². The molecular weight excluding hydrogens is 454 g/mol. The number of thiazole rings is 2. The molecule has 1 unspecified atom stereocenters. The number of amides is 1. The second-order valence-electron chi connectivity index (χ2n) is 7.17. The van der Waals surface area contributed by atoms with Crippen LogP contribution in [-0.4, -0.2) is 39.8 Å². The Bertz CT molecular complexity index is 1300. The fourth-order valence-electron chi connectivity index (χ4n) is 3.54. The van der Waals surface area contributed by atoms with Crippen molar-refractivity contribution in [3.63, 3.8) is 0 Å². The lowest BCUT2D eigenvalue weighted by atomic mass is 10.00. The van der Waals surface area contributed by atoms with Crippen molar-refractivity contribution >= 4 is 45.5 Å². The van der Waals surface area contributed by atoms with Crippen molar-refractivity contribution in [2.24, 2.45) is 0 Å². The van der Waals surface area contributed by atoms with Crippen LogP contribution in [0.1, 0.15) is 53.3 Å². The average Bonchev–Trinajstić information content (AvgIpc) is 3.48. The minimum absolute atomic E-state index is 0.122. The molecule has 32 heavy (non-hydrogen) atoms. The maximum atomic E-state index is 13.5. The van der Waals surface area contributed by atoms with Crippen molar-refractivity contribution in [3.05, 3.63) is 61.1 Å². The van der Waals surface area contributed by atoms with E-state index in [9.17, 15) is 19.5 Å². The first kappa shape index (κ1) is 21.9. The molecule has 1 N–H and O–H groups in total. The molecule has 1 aliphatic heterocycles. The zero-order valence-electron chi connectivity index (χ0n) is 17.9. The van der Waals surface area contributed by atoms with Gasteiger partial charge in [-0.2, -0.15) is 0 Å². The summed E-state index contributed by atoms with van der Waals surface area (Å²) >= 11 is 2.12. The van der Waals surface area contributed by atoms with Gasteiger partial charge in [0.1, 0.15) is 22.4 Å². The number of methoxy groups -OCH3 is 1. The predicted octanol–water partition coefficient (Wildman–Crippen LogP) is 4.00. The number of aryl methyl sites for hydroxylation is 4. The highest BCUT2D eigenvalue weighted by Gasteiger charge is 2.48. The molecule has 11 heteroatoms. The number of anilines is 1. The van der Waals surface area contributed by atoms with Crippen LogP contribution in [-0.2, 0) is 9.53 Å². The van der Waals surface area contributed by atoms with Crippen molar-refractivity contribution < 1.29 is 28.6 Å². The third-order valence-corrected chi connectivity index (χ3v) is 7.16. The van der Waals surface area contributed by atoms with Gasteiger partial charge in [0.2, 0.25) is 5.78 Å². The molecule has 0 saturated heterocycles. The normalized spacial score (nSPS) is 16.2. The molecule has 0 spiro atoms. The highest BCUT2D eigenvalue weighted by molar-refractivity contribution is 7.17. The number of aliphatic hydroxyl groups is 1. The molecule has 0 radical (unpaired) electrons. The van der Waals surface area contributed by atoms with Crippen LogP contribution in [0.2, 0.25) is 0 Å². The summed E-state index contributed by atoms with van der Waals surface area (Å²) in [6, 6.07) is 2.28. The number of aliphatic hydroxyl groups excluding tert-OH is 1. The summed E-state index contributed by atoms with van der Waals surface area (Å²) in [5.41, 5.74) is 0.756. The Kier molecular flexibility index (Phi) is 5.47. The lowest BCUT2D eigenvalue weighted by molar-refractivity contribution is -0.117. The number of ketones is 1. The van der Waals surface area contributed by atoms with Gasteiger partial charge >= 0.3 is 5.97 Å². The summed E-state index contributed by atoms with van der Waals surface area (Å²) in [4.78, 5) is 49.0. The smallest absolute Gasteiger partial charge is 0.350 e. The number of esters is 1. The van der Waals surface area contributed by atoms with Crippen LogP contribution >= 0.6 is 22.7 Å². The van der Waals surface area contributed by atoms with E-state index < -0.39 is 29.5 Å². The van der Waals surface area contributed by atoms with Gasteiger partial charge in [-0.1, -0.05) is 11.3 Å². The van der Waals surface area contributed by atoms with E-state index in [1.165, 1.54) is 23.3 Å². The molecule has 4 heterocycles. The monoisotopic (exact) mass is 473 g/mol. The van der Waals surface area contributed by atoms with Crippen LogP contribution in [0.15, 0.2) is 27.9 Å². The molecule has 166 valence electrons. The van der Waals surface area contributed by atoms with Crippen molar-refractivity contribution in [3.8, 4) is 0 Å². The van der Waals surface area contributed by atoms with Gasteiger partial charge < -0.3 is 14.3 Å². The van der Waals surface area contributed by atoms with Gasteiger partial charge in [-0.15, -0.1) is 11.3 Å². The maximum Gasteiger partial charge on any atom is 0.350 e. The van der Waals surface area contributed by atoms with Gasteiger partial charge in [0, 0.05) is 0 Å². The number of carbonyl (C=O) groups excluding carboxylic acids is 3. The average molecular weight is 474 g/mol. The quantitative estimate of drug-likeness (QED) is 0.436.